The number of carbonyl (C=O) groups excluding carboxylic acids is 2. The van der Waals surface area contributed by atoms with Crippen LogP contribution in [-0.2, 0) is 16.1 Å². The van der Waals surface area contributed by atoms with Gasteiger partial charge in [-0.05, 0) is 35.9 Å². The fourth-order valence-electron chi connectivity index (χ4n) is 2.66. The van der Waals surface area contributed by atoms with Crippen molar-refractivity contribution in [1.82, 2.24) is 25.5 Å². The Hall–Kier alpha value is -2.77. The molecule has 0 radical (unpaired) electrons. The summed E-state index contributed by atoms with van der Waals surface area (Å²) in [7, 11) is 0. The van der Waals surface area contributed by atoms with E-state index in [9.17, 15) is 9.59 Å². The highest BCUT2D eigenvalue weighted by atomic mass is 16.2. The van der Waals surface area contributed by atoms with Gasteiger partial charge in [0, 0.05) is 11.7 Å². The highest BCUT2D eigenvalue weighted by Crippen LogP contribution is 2.26. The first-order valence-electron chi connectivity index (χ1n) is 7.03. The molecule has 3 rings (SSSR count). The molecule has 1 aliphatic rings. The zero-order valence-corrected chi connectivity index (χ0v) is 12.1. The average molecular weight is 300 g/mol. The molecule has 1 fully saturated rings. The number of benzene rings is 1. The van der Waals surface area contributed by atoms with E-state index in [1.165, 1.54) is 11.0 Å². The molecule has 0 saturated carbocycles. The molecule has 1 aliphatic heterocycles. The fourth-order valence-corrected chi connectivity index (χ4v) is 2.66. The van der Waals surface area contributed by atoms with Gasteiger partial charge >= 0.3 is 0 Å². The van der Waals surface area contributed by atoms with Gasteiger partial charge in [0.25, 0.3) is 0 Å². The third-order valence-electron chi connectivity index (χ3n) is 3.62. The molecule has 0 spiro atoms. The molecule has 1 N–H and O–H groups in total. The topological polar surface area (TPSA) is 93.0 Å². The predicted molar refractivity (Wildman–Crippen MR) is 77.8 cm³/mol. The SMILES string of the molecule is C[C@@H]1C[C@H](NC(=O)Cn2cnnn2)C(=O)N1c1ccccc1. The van der Waals surface area contributed by atoms with E-state index >= 15 is 0 Å². The Labute approximate surface area is 127 Å². The van der Waals surface area contributed by atoms with Crippen LogP contribution in [0, 0.1) is 0 Å². The maximum atomic E-state index is 12.5. The number of aromatic nitrogens is 4. The summed E-state index contributed by atoms with van der Waals surface area (Å²) in [5, 5.41) is 13.3. The average Bonchev–Trinajstić information content (AvgIpc) is 3.09. The summed E-state index contributed by atoms with van der Waals surface area (Å²) >= 11 is 0. The molecule has 2 atom stereocenters. The second-order valence-electron chi connectivity index (χ2n) is 5.26. The highest BCUT2D eigenvalue weighted by Gasteiger charge is 2.38. The van der Waals surface area contributed by atoms with Crippen LogP contribution in [0.2, 0.25) is 0 Å². The van der Waals surface area contributed by atoms with Crippen LogP contribution in [0.1, 0.15) is 13.3 Å². The van der Waals surface area contributed by atoms with E-state index in [2.05, 4.69) is 20.8 Å². The van der Waals surface area contributed by atoms with Crippen molar-refractivity contribution in [1.29, 1.82) is 0 Å². The Morgan fingerprint density at radius 3 is 2.82 bits per heavy atom. The van der Waals surface area contributed by atoms with E-state index in [1.807, 2.05) is 37.3 Å². The molecule has 1 saturated heterocycles. The molecule has 0 aliphatic carbocycles. The van der Waals surface area contributed by atoms with Gasteiger partial charge in [-0.1, -0.05) is 18.2 Å². The lowest BCUT2D eigenvalue weighted by Crippen LogP contribution is -2.43. The number of anilines is 1. The second-order valence-corrected chi connectivity index (χ2v) is 5.26. The minimum Gasteiger partial charge on any atom is -0.343 e. The number of tetrazole rings is 1. The van der Waals surface area contributed by atoms with Crippen molar-refractivity contribution >= 4 is 17.5 Å². The molecule has 2 heterocycles. The maximum Gasteiger partial charge on any atom is 0.249 e. The summed E-state index contributed by atoms with van der Waals surface area (Å²) < 4.78 is 1.31. The lowest BCUT2D eigenvalue weighted by atomic mass is 10.2. The van der Waals surface area contributed by atoms with E-state index in [0.717, 1.165) is 5.69 Å². The third kappa shape index (κ3) is 2.80. The van der Waals surface area contributed by atoms with Crippen molar-refractivity contribution in [3.8, 4) is 0 Å². The minimum atomic E-state index is -0.515. The summed E-state index contributed by atoms with van der Waals surface area (Å²) in [4.78, 5) is 26.2. The van der Waals surface area contributed by atoms with Crippen LogP contribution in [0.25, 0.3) is 0 Å². The molecule has 114 valence electrons. The lowest BCUT2D eigenvalue weighted by Gasteiger charge is -2.21. The van der Waals surface area contributed by atoms with Crippen molar-refractivity contribution in [2.24, 2.45) is 0 Å². The highest BCUT2D eigenvalue weighted by molar-refractivity contribution is 6.01. The van der Waals surface area contributed by atoms with Gasteiger partial charge in [-0.2, -0.15) is 0 Å². The van der Waals surface area contributed by atoms with Crippen LogP contribution >= 0.6 is 0 Å². The Bertz CT molecular complexity index is 657. The zero-order chi connectivity index (χ0) is 15.5. The monoisotopic (exact) mass is 300 g/mol. The van der Waals surface area contributed by atoms with Gasteiger partial charge in [-0.3, -0.25) is 9.59 Å². The summed E-state index contributed by atoms with van der Waals surface area (Å²) in [6.45, 7) is 1.97. The molecule has 22 heavy (non-hydrogen) atoms. The molecule has 1 aromatic heterocycles. The largest absolute Gasteiger partial charge is 0.343 e. The zero-order valence-electron chi connectivity index (χ0n) is 12.1. The van der Waals surface area contributed by atoms with Crippen molar-refractivity contribution in [3.63, 3.8) is 0 Å². The first-order chi connectivity index (χ1) is 10.6. The Balaban J connectivity index is 1.66. The molecule has 0 bridgehead atoms. The molecular weight excluding hydrogens is 284 g/mol. The van der Waals surface area contributed by atoms with Crippen LogP contribution in [0.4, 0.5) is 5.69 Å². The van der Waals surface area contributed by atoms with Gasteiger partial charge < -0.3 is 10.2 Å². The van der Waals surface area contributed by atoms with Crippen molar-refractivity contribution in [3.05, 3.63) is 36.7 Å². The Morgan fingerprint density at radius 2 is 2.14 bits per heavy atom. The van der Waals surface area contributed by atoms with E-state index in [-0.39, 0.29) is 24.4 Å². The summed E-state index contributed by atoms with van der Waals surface area (Å²) in [6, 6.07) is 8.98. The lowest BCUT2D eigenvalue weighted by molar-refractivity contribution is -0.127. The van der Waals surface area contributed by atoms with Gasteiger partial charge in [-0.25, -0.2) is 4.68 Å². The number of hydrogen-bond donors (Lipinski definition) is 1. The van der Waals surface area contributed by atoms with E-state index in [4.69, 9.17) is 0 Å². The summed E-state index contributed by atoms with van der Waals surface area (Å²) in [6.07, 6.45) is 1.93. The first-order valence-corrected chi connectivity index (χ1v) is 7.03. The Morgan fingerprint density at radius 1 is 1.36 bits per heavy atom. The fraction of sp³-hybridized carbons (Fsp3) is 0.357. The molecule has 2 amide bonds. The summed E-state index contributed by atoms with van der Waals surface area (Å²) in [5.74, 6) is -0.378. The number of hydrogen-bond acceptors (Lipinski definition) is 5. The van der Waals surface area contributed by atoms with Gasteiger partial charge in [0.2, 0.25) is 11.8 Å². The quantitative estimate of drug-likeness (QED) is 0.857. The second kappa shape index (κ2) is 5.92. The van der Waals surface area contributed by atoms with Crippen molar-refractivity contribution in [2.45, 2.75) is 32.0 Å². The van der Waals surface area contributed by atoms with Crippen molar-refractivity contribution in [2.75, 3.05) is 4.90 Å². The van der Waals surface area contributed by atoms with E-state index in [0.29, 0.717) is 6.42 Å². The number of nitrogens with one attached hydrogen (secondary N) is 1. The molecule has 8 heteroatoms. The third-order valence-corrected chi connectivity index (χ3v) is 3.62. The standard InChI is InChI=1S/C14H16N6O2/c1-10-7-12(16-13(21)8-19-9-15-17-18-19)14(22)20(10)11-5-3-2-4-6-11/h2-6,9-10,12H,7-8H2,1H3,(H,16,21)/t10-,12+/m1/s1. The maximum absolute atomic E-state index is 12.5. The van der Waals surface area contributed by atoms with Gasteiger partial charge in [0.1, 0.15) is 18.9 Å². The molecular formula is C14H16N6O2. The van der Waals surface area contributed by atoms with Crippen LogP contribution < -0.4 is 10.2 Å². The first kappa shape index (κ1) is 14.2. The normalized spacial score (nSPS) is 21.1. The number of amides is 2. The predicted octanol–water partition coefficient (Wildman–Crippen LogP) is -0.0167. The number of nitrogens with zero attached hydrogens (tertiary/aromatic N) is 5. The van der Waals surface area contributed by atoms with Crippen LogP contribution in [0.5, 0.6) is 0 Å². The van der Waals surface area contributed by atoms with E-state index in [1.54, 1.807) is 4.90 Å². The van der Waals surface area contributed by atoms with Gasteiger partial charge in [-0.15, -0.1) is 5.10 Å². The van der Waals surface area contributed by atoms with Gasteiger partial charge in [0.15, 0.2) is 0 Å². The number of rotatable bonds is 4. The number of carbonyl (C=O) groups is 2. The molecule has 0 unspecified atom stereocenters. The number of para-hydroxylation sites is 1. The minimum absolute atomic E-state index is 0.00347. The van der Waals surface area contributed by atoms with E-state index < -0.39 is 6.04 Å². The van der Waals surface area contributed by atoms with Gasteiger partial charge in [0.05, 0.1) is 0 Å². The smallest absolute Gasteiger partial charge is 0.249 e. The van der Waals surface area contributed by atoms with Crippen LogP contribution in [-0.4, -0.2) is 44.1 Å². The van der Waals surface area contributed by atoms with Crippen LogP contribution in [0.3, 0.4) is 0 Å². The van der Waals surface area contributed by atoms with Crippen LogP contribution in [0.15, 0.2) is 36.7 Å². The molecule has 8 nitrogen and oxygen atoms in total. The molecule has 1 aromatic carbocycles. The van der Waals surface area contributed by atoms with Crippen molar-refractivity contribution < 1.29 is 9.59 Å². The Kier molecular flexibility index (Phi) is 3.82. The molecule has 2 aromatic rings. The summed E-state index contributed by atoms with van der Waals surface area (Å²) in [5.41, 5.74) is 0.845.